The molecule has 1 amide bonds. The van der Waals surface area contributed by atoms with E-state index in [1.807, 2.05) is 6.07 Å². The van der Waals surface area contributed by atoms with Crippen LogP contribution in [0.3, 0.4) is 0 Å². The molecule has 0 heterocycles. The molecule has 0 spiro atoms. The molecule has 1 rings (SSSR count). The van der Waals surface area contributed by atoms with Gasteiger partial charge in [-0.15, -0.1) is 0 Å². The number of hydrogen-bond donors (Lipinski definition) is 2. The van der Waals surface area contributed by atoms with E-state index >= 15 is 0 Å². The van der Waals surface area contributed by atoms with Crippen LogP contribution in [0.1, 0.15) is 69.8 Å². The van der Waals surface area contributed by atoms with E-state index in [1.165, 1.54) is 32.1 Å². The molecule has 0 bridgehead atoms. The smallest absolute Gasteiger partial charge is 0.311 e. The Morgan fingerprint density at radius 3 is 2.22 bits per heavy atom. The zero-order valence-electron chi connectivity index (χ0n) is 14.1. The number of amides is 1. The minimum atomic E-state index is -0.956. The lowest BCUT2D eigenvalue weighted by molar-refractivity contribution is -0.140. The summed E-state index contributed by atoms with van der Waals surface area (Å²) in [5.74, 6) is -1.92. The fourth-order valence-electron chi connectivity index (χ4n) is 2.60. The van der Waals surface area contributed by atoms with Crippen molar-refractivity contribution in [1.82, 2.24) is 5.32 Å². The molecular weight excluding hydrogens is 290 g/mol. The highest BCUT2D eigenvalue weighted by Crippen LogP contribution is 2.19. The van der Waals surface area contributed by atoms with Crippen molar-refractivity contribution in [3.63, 3.8) is 0 Å². The van der Waals surface area contributed by atoms with Crippen molar-refractivity contribution in [2.45, 2.75) is 64.2 Å². The first-order chi connectivity index (χ1) is 11.1. The van der Waals surface area contributed by atoms with Gasteiger partial charge in [-0.3, -0.25) is 9.59 Å². The SMILES string of the molecule is CCCCCCCCCNC(=O)CC(C(=O)O)c1ccccc1. The fourth-order valence-corrected chi connectivity index (χ4v) is 2.60. The average Bonchev–Trinajstić information content (AvgIpc) is 2.55. The summed E-state index contributed by atoms with van der Waals surface area (Å²) in [6.07, 6.45) is 8.38. The monoisotopic (exact) mass is 319 g/mol. The predicted octanol–water partition coefficient (Wildman–Crippen LogP) is 4.11. The molecule has 0 radical (unpaired) electrons. The molecule has 23 heavy (non-hydrogen) atoms. The van der Waals surface area contributed by atoms with E-state index in [4.69, 9.17) is 0 Å². The summed E-state index contributed by atoms with van der Waals surface area (Å²) in [4.78, 5) is 23.3. The Kier molecular flexibility index (Phi) is 9.76. The number of hydrogen-bond acceptors (Lipinski definition) is 2. The molecule has 0 fully saturated rings. The lowest BCUT2D eigenvalue weighted by Gasteiger charge is -2.12. The summed E-state index contributed by atoms with van der Waals surface area (Å²) >= 11 is 0. The molecule has 2 N–H and O–H groups in total. The van der Waals surface area contributed by atoms with Gasteiger partial charge in [0.1, 0.15) is 0 Å². The molecular formula is C19H29NO3. The number of nitrogens with one attached hydrogen (secondary N) is 1. The zero-order valence-corrected chi connectivity index (χ0v) is 14.1. The first-order valence-corrected chi connectivity index (χ1v) is 8.69. The number of aliphatic carboxylic acids is 1. The highest BCUT2D eigenvalue weighted by atomic mass is 16.4. The maximum absolute atomic E-state index is 11.9. The summed E-state index contributed by atoms with van der Waals surface area (Å²) in [5.41, 5.74) is 0.672. The Bertz CT molecular complexity index is 459. The molecule has 0 saturated carbocycles. The molecule has 1 aromatic carbocycles. The minimum Gasteiger partial charge on any atom is -0.481 e. The van der Waals surface area contributed by atoms with Crippen molar-refractivity contribution in [3.8, 4) is 0 Å². The van der Waals surface area contributed by atoms with Gasteiger partial charge in [-0.05, 0) is 12.0 Å². The van der Waals surface area contributed by atoms with Gasteiger partial charge in [-0.25, -0.2) is 0 Å². The van der Waals surface area contributed by atoms with E-state index in [-0.39, 0.29) is 12.3 Å². The Balaban J connectivity index is 2.23. The fraction of sp³-hybridized carbons (Fsp3) is 0.579. The van der Waals surface area contributed by atoms with Crippen LogP contribution < -0.4 is 5.32 Å². The van der Waals surface area contributed by atoms with Gasteiger partial charge in [0, 0.05) is 13.0 Å². The molecule has 1 atom stereocenters. The molecule has 4 nitrogen and oxygen atoms in total. The van der Waals surface area contributed by atoms with Gasteiger partial charge in [0.25, 0.3) is 0 Å². The van der Waals surface area contributed by atoms with E-state index in [2.05, 4.69) is 12.2 Å². The van der Waals surface area contributed by atoms with Gasteiger partial charge in [-0.2, -0.15) is 0 Å². The van der Waals surface area contributed by atoms with Crippen LogP contribution in [-0.2, 0) is 9.59 Å². The molecule has 0 aliphatic heterocycles. The van der Waals surface area contributed by atoms with Crippen molar-refractivity contribution in [2.75, 3.05) is 6.54 Å². The lowest BCUT2D eigenvalue weighted by Crippen LogP contribution is -2.28. The van der Waals surface area contributed by atoms with Crippen LogP contribution in [0.25, 0.3) is 0 Å². The first-order valence-electron chi connectivity index (χ1n) is 8.69. The molecule has 0 aliphatic rings. The number of carbonyl (C=O) groups excluding carboxylic acids is 1. The molecule has 0 aromatic heterocycles. The maximum atomic E-state index is 11.9. The minimum absolute atomic E-state index is 0.00412. The van der Waals surface area contributed by atoms with Crippen LogP contribution in [0.15, 0.2) is 30.3 Å². The highest BCUT2D eigenvalue weighted by Gasteiger charge is 2.22. The molecule has 0 saturated heterocycles. The summed E-state index contributed by atoms with van der Waals surface area (Å²) < 4.78 is 0. The van der Waals surface area contributed by atoms with Crippen LogP contribution in [0.5, 0.6) is 0 Å². The molecule has 0 aliphatic carbocycles. The van der Waals surface area contributed by atoms with Gasteiger partial charge in [0.2, 0.25) is 5.91 Å². The predicted molar refractivity (Wildman–Crippen MR) is 92.4 cm³/mol. The third-order valence-corrected chi connectivity index (χ3v) is 3.99. The summed E-state index contributed by atoms with van der Waals surface area (Å²) in [6, 6.07) is 8.93. The van der Waals surface area contributed by atoms with Crippen molar-refractivity contribution in [1.29, 1.82) is 0 Å². The van der Waals surface area contributed by atoms with Crippen LogP contribution in [0.2, 0.25) is 0 Å². The Morgan fingerprint density at radius 1 is 1.00 bits per heavy atom. The second kappa shape index (κ2) is 11.7. The third kappa shape index (κ3) is 8.38. The lowest BCUT2D eigenvalue weighted by atomic mass is 9.95. The summed E-state index contributed by atoms with van der Waals surface area (Å²) in [6.45, 7) is 2.84. The second-order valence-corrected chi connectivity index (χ2v) is 5.98. The molecule has 1 aromatic rings. The standard InChI is InChI=1S/C19H29NO3/c1-2-3-4-5-6-7-11-14-20-18(21)15-17(19(22)23)16-12-9-8-10-13-16/h8-10,12-13,17H,2-7,11,14-15H2,1H3,(H,20,21)(H,22,23). The summed E-state index contributed by atoms with van der Waals surface area (Å²) in [5, 5.41) is 12.1. The average molecular weight is 319 g/mol. The van der Waals surface area contributed by atoms with E-state index < -0.39 is 11.9 Å². The molecule has 128 valence electrons. The van der Waals surface area contributed by atoms with Crippen LogP contribution >= 0.6 is 0 Å². The quantitative estimate of drug-likeness (QED) is 0.570. The van der Waals surface area contributed by atoms with Crippen molar-refractivity contribution in [3.05, 3.63) is 35.9 Å². The molecule has 1 unspecified atom stereocenters. The normalized spacial score (nSPS) is 11.9. The Morgan fingerprint density at radius 2 is 1.61 bits per heavy atom. The first kappa shape index (κ1) is 19.2. The highest BCUT2D eigenvalue weighted by molar-refractivity contribution is 5.85. The van der Waals surface area contributed by atoms with Crippen molar-refractivity contribution in [2.24, 2.45) is 0 Å². The van der Waals surface area contributed by atoms with Crippen LogP contribution in [0.4, 0.5) is 0 Å². The topological polar surface area (TPSA) is 66.4 Å². The largest absolute Gasteiger partial charge is 0.481 e. The van der Waals surface area contributed by atoms with Gasteiger partial charge in [0.15, 0.2) is 0 Å². The zero-order chi connectivity index (χ0) is 16.9. The number of carboxylic acid groups (broad SMARTS) is 1. The van der Waals surface area contributed by atoms with Crippen LogP contribution in [0, 0.1) is 0 Å². The number of unbranched alkanes of at least 4 members (excludes halogenated alkanes) is 6. The van der Waals surface area contributed by atoms with Crippen LogP contribution in [-0.4, -0.2) is 23.5 Å². The Hall–Kier alpha value is -1.84. The maximum Gasteiger partial charge on any atom is 0.311 e. The van der Waals surface area contributed by atoms with Gasteiger partial charge in [0.05, 0.1) is 5.92 Å². The van der Waals surface area contributed by atoms with E-state index in [9.17, 15) is 14.7 Å². The number of rotatable bonds is 12. The van der Waals surface area contributed by atoms with Crippen molar-refractivity contribution < 1.29 is 14.7 Å². The van der Waals surface area contributed by atoms with Gasteiger partial charge >= 0.3 is 5.97 Å². The second-order valence-electron chi connectivity index (χ2n) is 5.98. The summed E-state index contributed by atoms with van der Waals surface area (Å²) in [7, 11) is 0. The van der Waals surface area contributed by atoms with Gasteiger partial charge < -0.3 is 10.4 Å². The van der Waals surface area contributed by atoms with E-state index in [1.54, 1.807) is 24.3 Å². The molecule has 4 heteroatoms. The van der Waals surface area contributed by atoms with Crippen molar-refractivity contribution >= 4 is 11.9 Å². The van der Waals surface area contributed by atoms with E-state index in [0.29, 0.717) is 12.1 Å². The van der Waals surface area contributed by atoms with E-state index in [0.717, 1.165) is 12.8 Å². The third-order valence-electron chi connectivity index (χ3n) is 3.99. The Labute approximate surface area is 139 Å². The van der Waals surface area contributed by atoms with Gasteiger partial charge in [-0.1, -0.05) is 75.8 Å². The number of carbonyl (C=O) groups is 2. The number of carboxylic acids is 1. The number of benzene rings is 1.